The van der Waals surface area contributed by atoms with Crippen molar-refractivity contribution in [3.8, 4) is 11.5 Å². The number of carbonyl (C=O) groups is 1. The van der Waals surface area contributed by atoms with Gasteiger partial charge in [-0.15, -0.1) is 11.3 Å². The Bertz CT molecular complexity index is 874. The quantitative estimate of drug-likeness (QED) is 0.672. The molecule has 29 heavy (non-hydrogen) atoms. The first-order valence-corrected chi connectivity index (χ1v) is 11.0. The molecule has 1 heterocycles. The lowest BCUT2D eigenvalue weighted by Crippen LogP contribution is -2.23. The molecule has 1 unspecified atom stereocenters. The van der Waals surface area contributed by atoms with E-state index >= 15 is 0 Å². The zero-order valence-corrected chi connectivity index (χ0v) is 18.7. The predicted octanol–water partition coefficient (Wildman–Crippen LogP) is 4.30. The lowest BCUT2D eigenvalue weighted by molar-refractivity contribution is 0.0953. The van der Waals surface area contributed by atoms with Gasteiger partial charge in [-0.1, -0.05) is 20.8 Å². The highest BCUT2D eigenvalue weighted by atomic mass is 32.1. The fourth-order valence-electron chi connectivity index (χ4n) is 4.41. The first kappa shape index (κ1) is 21.7. The minimum atomic E-state index is -0.0407. The van der Waals surface area contributed by atoms with Crippen molar-refractivity contribution in [2.45, 2.75) is 46.6 Å². The van der Waals surface area contributed by atoms with Gasteiger partial charge in [0.1, 0.15) is 18.1 Å². The van der Waals surface area contributed by atoms with Gasteiger partial charge in [0.15, 0.2) is 0 Å². The summed E-state index contributed by atoms with van der Waals surface area (Å²) in [5, 5.41) is 12.0. The lowest BCUT2D eigenvalue weighted by atomic mass is 9.85. The van der Waals surface area contributed by atoms with Gasteiger partial charge in [-0.05, 0) is 54.4 Å². The van der Waals surface area contributed by atoms with Crippen LogP contribution in [0.15, 0.2) is 18.2 Å². The molecule has 1 aromatic heterocycles. The van der Waals surface area contributed by atoms with E-state index in [-0.39, 0.29) is 19.1 Å². The van der Waals surface area contributed by atoms with Gasteiger partial charge in [-0.25, -0.2) is 0 Å². The molecule has 1 aromatic carbocycles. The fourth-order valence-corrected chi connectivity index (χ4v) is 5.61. The Morgan fingerprint density at radius 3 is 2.79 bits per heavy atom. The smallest absolute Gasteiger partial charge is 0.261 e. The predicted molar refractivity (Wildman–Crippen MR) is 116 cm³/mol. The number of benzene rings is 1. The van der Waals surface area contributed by atoms with E-state index in [4.69, 9.17) is 14.6 Å². The van der Waals surface area contributed by atoms with Crippen molar-refractivity contribution in [1.82, 2.24) is 5.32 Å². The van der Waals surface area contributed by atoms with Crippen molar-refractivity contribution in [3.05, 3.63) is 44.6 Å². The molecule has 5 nitrogen and oxygen atoms in total. The number of thiophene rings is 1. The van der Waals surface area contributed by atoms with Crippen LogP contribution in [0.25, 0.3) is 0 Å². The van der Waals surface area contributed by atoms with Gasteiger partial charge in [0, 0.05) is 23.1 Å². The minimum absolute atomic E-state index is 0.0152. The van der Waals surface area contributed by atoms with Crippen molar-refractivity contribution in [2.24, 2.45) is 11.8 Å². The zero-order chi connectivity index (χ0) is 21.1. The zero-order valence-electron chi connectivity index (χ0n) is 17.9. The third kappa shape index (κ3) is 4.43. The second-order valence-corrected chi connectivity index (χ2v) is 9.23. The number of aliphatic hydroxyl groups excluding tert-OH is 1. The van der Waals surface area contributed by atoms with Crippen LogP contribution in [0, 0.1) is 18.8 Å². The number of methoxy groups -OCH3 is 1. The maximum Gasteiger partial charge on any atom is 0.261 e. The molecule has 0 aliphatic heterocycles. The fraction of sp³-hybridized carbons (Fsp3) is 0.522. The number of aryl methyl sites for hydroxylation is 1. The van der Waals surface area contributed by atoms with Crippen LogP contribution < -0.4 is 14.8 Å². The first-order valence-electron chi connectivity index (χ1n) is 10.2. The number of rotatable bonds is 8. The number of ether oxygens (including phenoxy) is 2. The molecule has 0 saturated carbocycles. The van der Waals surface area contributed by atoms with E-state index in [1.54, 1.807) is 24.5 Å². The SMILES string of the molecule is COc1cc(OCCO)ccc1CNC(=O)c1sc(C)c2c1CC(C(C)C)[C@H]2C. The second-order valence-electron chi connectivity index (χ2n) is 8.01. The number of amides is 1. The van der Waals surface area contributed by atoms with Gasteiger partial charge in [0.2, 0.25) is 0 Å². The Balaban J connectivity index is 1.73. The highest BCUT2D eigenvalue weighted by Gasteiger charge is 2.37. The Labute approximate surface area is 177 Å². The van der Waals surface area contributed by atoms with Crippen molar-refractivity contribution < 1.29 is 19.4 Å². The summed E-state index contributed by atoms with van der Waals surface area (Å²) < 4.78 is 10.9. The second kappa shape index (κ2) is 9.18. The topological polar surface area (TPSA) is 67.8 Å². The molecule has 3 rings (SSSR count). The van der Waals surface area contributed by atoms with Gasteiger partial charge in [-0.3, -0.25) is 4.79 Å². The van der Waals surface area contributed by atoms with Crippen molar-refractivity contribution in [2.75, 3.05) is 20.3 Å². The van der Waals surface area contributed by atoms with Crippen LogP contribution in [-0.2, 0) is 13.0 Å². The summed E-state index contributed by atoms with van der Waals surface area (Å²) in [6, 6.07) is 5.48. The molecule has 0 fully saturated rings. The van der Waals surface area contributed by atoms with Crippen LogP contribution in [0.2, 0.25) is 0 Å². The average molecular weight is 418 g/mol. The molecule has 6 heteroatoms. The number of carbonyl (C=O) groups excluding carboxylic acids is 1. The largest absolute Gasteiger partial charge is 0.496 e. The minimum Gasteiger partial charge on any atom is -0.496 e. The van der Waals surface area contributed by atoms with Crippen LogP contribution in [0.1, 0.15) is 57.9 Å². The molecule has 158 valence electrons. The van der Waals surface area contributed by atoms with E-state index in [2.05, 4.69) is 33.0 Å². The van der Waals surface area contributed by atoms with Crippen molar-refractivity contribution in [3.63, 3.8) is 0 Å². The molecule has 0 spiro atoms. The molecule has 2 atom stereocenters. The van der Waals surface area contributed by atoms with Gasteiger partial charge in [0.05, 0.1) is 18.6 Å². The number of hydrogen-bond acceptors (Lipinski definition) is 5. The Morgan fingerprint density at radius 1 is 1.38 bits per heavy atom. The molecule has 0 saturated heterocycles. The Morgan fingerprint density at radius 2 is 2.14 bits per heavy atom. The lowest BCUT2D eigenvalue weighted by Gasteiger charge is -2.20. The number of fused-ring (bicyclic) bond motifs is 1. The summed E-state index contributed by atoms with van der Waals surface area (Å²) in [4.78, 5) is 15.1. The summed E-state index contributed by atoms with van der Waals surface area (Å²) in [7, 11) is 1.60. The van der Waals surface area contributed by atoms with E-state index in [9.17, 15) is 4.79 Å². The Hall–Kier alpha value is -2.05. The van der Waals surface area contributed by atoms with Crippen molar-refractivity contribution in [1.29, 1.82) is 0 Å². The third-order valence-electron chi connectivity index (χ3n) is 5.89. The number of aliphatic hydroxyl groups is 1. The molecule has 1 aliphatic carbocycles. The summed E-state index contributed by atoms with van der Waals surface area (Å²) in [6.07, 6.45) is 0.988. The van der Waals surface area contributed by atoms with Crippen LogP contribution in [-0.4, -0.2) is 31.3 Å². The summed E-state index contributed by atoms with van der Waals surface area (Å²) in [5.74, 6) is 2.99. The number of hydrogen-bond donors (Lipinski definition) is 2. The third-order valence-corrected chi connectivity index (χ3v) is 7.05. The highest BCUT2D eigenvalue weighted by Crippen LogP contribution is 2.47. The van der Waals surface area contributed by atoms with Gasteiger partial charge >= 0.3 is 0 Å². The van der Waals surface area contributed by atoms with Gasteiger partial charge < -0.3 is 19.9 Å². The summed E-state index contributed by atoms with van der Waals surface area (Å²) in [6.45, 7) is 9.55. The maximum atomic E-state index is 13.0. The molecule has 2 aromatic rings. The Kier molecular flexibility index (Phi) is 6.85. The molecule has 1 amide bonds. The molecule has 1 aliphatic rings. The monoisotopic (exact) mass is 417 g/mol. The first-order chi connectivity index (χ1) is 13.9. The van der Waals surface area contributed by atoms with Gasteiger partial charge in [0.25, 0.3) is 5.91 Å². The van der Waals surface area contributed by atoms with Gasteiger partial charge in [-0.2, -0.15) is 0 Å². The molecule has 0 bridgehead atoms. The van der Waals surface area contributed by atoms with Crippen LogP contribution in [0.5, 0.6) is 11.5 Å². The van der Waals surface area contributed by atoms with E-state index in [0.29, 0.717) is 35.8 Å². The normalized spacial score (nSPS) is 18.0. The number of nitrogens with one attached hydrogen (secondary N) is 1. The van der Waals surface area contributed by atoms with Crippen molar-refractivity contribution >= 4 is 17.2 Å². The van der Waals surface area contributed by atoms with Crippen LogP contribution in [0.4, 0.5) is 0 Å². The van der Waals surface area contributed by atoms with E-state index in [1.165, 1.54) is 16.0 Å². The molecular weight excluding hydrogens is 386 g/mol. The van der Waals surface area contributed by atoms with E-state index < -0.39 is 0 Å². The molecular formula is C23H31NO4S. The standard InChI is InChI=1S/C23H31NO4S/c1-13(2)18-11-19-21(14(18)3)15(4)29-22(19)23(26)24-12-16-6-7-17(28-9-8-25)10-20(16)27-5/h6-7,10,13-14,18,25H,8-9,11-12H2,1-5H3,(H,24,26)/t14-,18?/m1/s1. The maximum absolute atomic E-state index is 13.0. The molecule has 0 radical (unpaired) electrons. The van der Waals surface area contributed by atoms with Crippen LogP contribution >= 0.6 is 11.3 Å². The van der Waals surface area contributed by atoms with E-state index in [0.717, 1.165) is 16.9 Å². The summed E-state index contributed by atoms with van der Waals surface area (Å²) in [5.41, 5.74) is 3.52. The van der Waals surface area contributed by atoms with Crippen LogP contribution in [0.3, 0.4) is 0 Å². The summed E-state index contributed by atoms with van der Waals surface area (Å²) >= 11 is 1.61. The van der Waals surface area contributed by atoms with E-state index in [1.807, 2.05) is 12.1 Å². The molecule has 2 N–H and O–H groups in total. The average Bonchev–Trinajstić information content (AvgIpc) is 3.22. The highest BCUT2D eigenvalue weighted by molar-refractivity contribution is 7.14.